The van der Waals surface area contributed by atoms with Gasteiger partial charge in [0.1, 0.15) is 0 Å². The molecule has 0 saturated heterocycles. The van der Waals surface area contributed by atoms with Gasteiger partial charge in [0.15, 0.2) is 0 Å². The average molecular weight is 353 g/mol. The van der Waals surface area contributed by atoms with Gasteiger partial charge in [-0.15, -0.1) is 0 Å². The van der Waals surface area contributed by atoms with Crippen LogP contribution in [0.1, 0.15) is 17.2 Å². The molecule has 0 aromatic heterocycles. The quantitative estimate of drug-likeness (QED) is 0.821. The highest BCUT2D eigenvalue weighted by atomic mass is 127. The molecule has 0 aliphatic carbocycles. The van der Waals surface area contributed by atoms with E-state index < -0.39 is 0 Å². The molecule has 0 bridgehead atoms. The molecule has 0 fully saturated rings. The second kappa shape index (κ2) is 6.20. The topological polar surface area (TPSA) is 32.3 Å². The van der Waals surface area contributed by atoms with Gasteiger partial charge in [-0.1, -0.05) is 24.3 Å². The highest BCUT2D eigenvalue weighted by molar-refractivity contribution is 14.1. The van der Waals surface area contributed by atoms with Crippen LogP contribution in [0.15, 0.2) is 48.5 Å². The Morgan fingerprint density at radius 3 is 2.50 bits per heavy atom. The minimum absolute atomic E-state index is 0.0659. The smallest absolute Gasteiger partial charge is 0.0745 e. The Kier molecular flexibility index (Phi) is 4.60. The molecule has 1 atom stereocenters. The molecule has 2 aromatic rings. The fourth-order valence-electron chi connectivity index (χ4n) is 1.87. The maximum atomic E-state index is 9.52. The van der Waals surface area contributed by atoms with E-state index in [1.165, 1.54) is 9.13 Å². The van der Waals surface area contributed by atoms with Crippen molar-refractivity contribution in [2.75, 3.05) is 11.9 Å². The summed E-state index contributed by atoms with van der Waals surface area (Å²) in [5.41, 5.74) is 3.34. The summed E-state index contributed by atoms with van der Waals surface area (Å²) < 4.78 is 1.20. The largest absolute Gasteiger partial charge is 0.394 e. The first-order valence-electron chi connectivity index (χ1n) is 5.88. The summed E-state index contributed by atoms with van der Waals surface area (Å²) in [6.07, 6.45) is 0. The van der Waals surface area contributed by atoms with Gasteiger partial charge >= 0.3 is 0 Å². The van der Waals surface area contributed by atoms with Gasteiger partial charge in [-0.05, 0) is 64.9 Å². The van der Waals surface area contributed by atoms with Crippen LogP contribution in [0.3, 0.4) is 0 Å². The van der Waals surface area contributed by atoms with Gasteiger partial charge in [-0.25, -0.2) is 0 Å². The molecule has 1 unspecified atom stereocenters. The van der Waals surface area contributed by atoms with Crippen LogP contribution >= 0.6 is 22.6 Å². The molecule has 2 nitrogen and oxygen atoms in total. The van der Waals surface area contributed by atoms with Crippen LogP contribution in [0.25, 0.3) is 0 Å². The zero-order valence-electron chi connectivity index (χ0n) is 10.2. The van der Waals surface area contributed by atoms with E-state index in [9.17, 15) is 5.11 Å². The fraction of sp³-hybridized carbons (Fsp3) is 0.200. The Labute approximate surface area is 121 Å². The number of halogens is 1. The van der Waals surface area contributed by atoms with E-state index in [2.05, 4.69) is 59.1 Å². The van der Waals surface area contributed by atoms with E-state index in [4.69, 9.17) is 0 Å². The highest BCUT2D eigenvalue weighted by Gasteiger charge is 2.09. The lowest BCUT2D eigenvalue weighted by Gasteiger charge is -2.18. The maximum absolute atomic E-state index is 9.52. The van der Waals surface area contributed by atoms with Crippen molar-refractivity contribution in [3.63, 3.8) is 0 Å². The molecule has 2 rings (SSSR count). The number of aryl methyl sites for hydroxylation is 1. The lowest BCUT2D eigenvalue weighted by atomic mass is 10.1. The van der Waals surface area contributed by atoms with Crippen LogP contribution < -0.4 is 5.32 Å². The third-order valence-electron chi connectivity index (χ3n) is 2.81. The predicted molar refractivity (Wildman–Crippen MR) is 83.8 cm³/mol. The number of hydrogen-bond acceptors (Lipinski definition) is 2. The minimum atomic E-state index is -0.0659. The lowest BCUT2D eigenvalue weighted by molar-refractivity contribution is 0.276. The van der Waals surface area contributed by atoms with Crippen LogP contribution in [0.4, 0.5) is 5.69 Å². The summed E-state index contributed by atoms with van der Waals surface area (Å²) in [7, 11) is 0. The summed E-state index contributed by atoms with van der Waals surface area (Å²) in [5, 5.41) is 12.9. The SMILES string of the molecule is Cc1cccc(NC(CO)c2ccc(I)cc2)c1. The number of nitrogens with one attached hydrogen (secondary N) is 1. The molecular formula is C15H16INO. The normalized spacial score (nSPS) is 12.2. The predicted octanol–water partition coefficient (Wildman–Crippen LogP) is 3.75. The van der Waals surface area contributed by atoms with Crippen molar-refractivity contribution in [1.82, 2.24) is 0 Å². The van der Waals surface area contributed by atoms with E-state index in [1.807, 2.05) is 24.3 Å². The molecule has 0 aliphatic rings. The van der Waals surface area contributed by atoms with E-state index in [1.54, 1.807) is 0 Å². The molecule has 0 radical (unpaired) electrons. The average Bonchev–Trinajstić information content (AvgIpc) is 2.37. The summed E-state index contributed by atoms with van der Waals surface area (Å²) in [6.45, 7) is 2.14. The minimum Gasteiger partial charge on any atom is -0.394 e. The maximum Gasteiger partial charge on any atom is 0.0745 e. The monoisotopic (exact) mass is 353 g/mol. The van der Waals surface area contributed by atoms with Crippen molar-refractivity contribution < 1.29 is 5.11 Å². The number of rotatable bonds is 4. The molecule has 3 heteroatoms. The van der Waals surface area contributed by atoms with E-state index >= 15 is 0 Å². The van der Waals surface area contributed by atoms with Gasteiger partial charge in [0.05, 0.1) is 12.6 Å². The summed E-state index contributed by atoms with van der Waals surface area (Å²) in [6, 6.07) is 16.3. The molecule has 0 spiro atoms. The molecule has 94 valence electrons. The number of aliphatic hydroxyl groups excluding tert-OH is 1. The summed E-state index contributed by atoms with van der Waals surface area (Å²) >= 11 is 2.28. The molecule has 18 heavy (non-hydrogen) atoms. The van der Waals surface area contributed by atoms with Gasteiger partial charge in [0.2, 0.25) is 0 Å². The van der Waals surface area contributed by atoms with Gasteiger partial charge in [-0.3, -0.25) is 0 Å². The summed E-state index contributed by atoms with van der Waals surface area (Å²) in [5.74, 6) is 0. The molecule has 2 aromatic carbocycles. The van der Waals surface area contributed by atoms with E-state index in [-0.39, 0.29) is 12.6 Å². The zero-order chi connectivity index (χ0) is 13.0. The summed E-state index contributed by atoms with van der Waals surface area (Å²) in [4.78, 5) is 0. The Morgan fingerprint density at radius 2 is 1.89 bits per heavy atom. The van der Waals surface area contributed by atoms with Crippen LogP contribution in [0.2, 0.25) is 0 Å². The van der Waals surface area contributed by atoms with Crippen molar-refractivity contribution in [3.05, 3.63) is 63.2 Å². The van der Waals surface area contributed by atoms with Gasteiger partial charge in [0, 0.05) is 9.26 Å². The molecule has 0 amide bonds. The van der Waals surface area contributed by atoms with Crippen LogP contribution in [-0.2, 0) is 0 Å². The molecular weight excluding hydrogens is 337 g/mol. The van der Waals surface area contributed by atoms with Gasteiger partial charge in [0.25, 0.3) is 0 Å². The van der Waals surface area contributed by atoms with Crippen molar-refractivity contribution in [3.8, 4) is 0 Å². The number of anilines is 1. The number of benzene rings is 2. The Balaban J connectivity index is 2.17. The van der Waals surface area contributed by atoms with Crippen molar-refractivity contribution in [1.29, 1.82) is 0 Å². The molecule has 0 heterocycles. The van der Waals surface area contributed by atoms with Crippen LogP contribution in [0, 0.1) is 10.5 Å². The number of aliphatic hydroxyl groups is 1. The highest BCUT2D eigenvalue weighted by Crippen LogP contribution is 2.20. The lowest BCUT2D eigenvalue weighted by Crippen LogP contribution is -2.14. The third-order valence-corrected chi connectivity index (χ3v) is 3.53. The van der Waals surface area contributed by atoms with Crippen LogP contribution in [0.5, 0.6) is 0 Å². The Morgan fingerprint density at radius 1 is 1.17 bits per heavy atom. The van der Waals surface area contributed by atoms with Gasteiger partial charge in [-0.2, -0.15) is 0 Å². The van der Waals surface area contributed by atoms with Crippen molar-refractivity contribution in [2.24, 2.45) is 0 Å². The fourth-order valence-corrected chi connectivity index (χ4v) is 2.23. The first-order chi connectivity index (χ1) is 8.69. The Hall–Kier alpha value is -1.07. The van der Waals surface area contributed by atoms with E-state index in [0.717, 1.165) is 11.3 Å². The molecule has 0 saturated carbocycles. The van der Waals surface area contributed by atoms with Crippen LogP contribution in [-0.4, -0.2) is 11.7 Å². The zero-order valence-corrected chi connectivity index (χ0v) is 12.4. The van der Waals surface area contributed by atoms with Gasteiger partial charge < -0.3 is 10.4 Å². The Bertz CT molecular complexity index is 510. The number of hydrogen-bond donors (Lipinski definition) is 2. The van der Waals surface area contributed by atoms with E-state index in [0.29, 0.717) is 0 Å². The molecule has 2 N–H and O–H groups in total. The molecule has 0 aliphatic heterocycles. The first kappa shape index (κ1) is 13.4. The second-order valence-electron chi connectivity index (χ2n) is 4.30. The second-order valence-corrected chi connectivity index (χ2v) is 5.55. The standard InChI is InChI=1S/C15H16INO/c1-11-3-2-4-14(9-11)17-15(10-18)12-5-7-13(16)8-6-12/h2-9,15,17-18H,10H2,1H3. The third kappa shape index (κ3) is 3.46. The first-order valence-corrected chi connectivity index (χ1v) is 6.96. The van der Waals surface area contributed by atoms with Crippen molar-refractivity contribution >= 4 is 28.3 Å². The van der Waals surface area contributed by atoms with Crippen molar-refractivity contribution in [2.45, 2.75) is 13.0 Å².